The Morgan fingerprint density at radius 1 is 1.38 bits per heavy atom. The number of benzene rings is 1. The minimum atomic E-state index is -0.626. The van der Waals surface area contributed by atoms with Crippen LogP contribution in [0.4, 0.5) is 4.39 Å². The zero-order valence-corrected chi connectivity index (χ0v) is 14.3. The summed E-state index contributed by atoms with van der Waals surface area (Å²) in [7, 11) is 0. The topological polar surface area (TPSA) is 66.3 Å². The van der Waals surface area contributed by atoms with Crippen molar-refractivity contribution in [2.45, 2.75) is 32.3 Å². The molecule has 128 valence electrons. The van der Waals surface area contributed by atoms with E-state index >= 15 is 0 Å². The Hall–Kier alpha value is -1.86. The van der Waals surface area contributed by atoms with Gasteiger partial charge in [0.15, 0.2) is 0 Å². The molecular formula is C17H20FN3O2S. The smallest absolute Gasteiger partial charge is 0.267 e. The van der Waals surface area contributed by atoms with Crippen molar-refractivity contribution in [3.05, 3.63) is 46.2 Å². The van der Waals surface area contributed by atoms with E-state index in [4.69, 9.17) is 0 Å². The normalized spacial score (nSPS) is 17.0. The van der Waals surface area contributed by atoms with E-state index in [-0.39, 0.29) is 17.6 Å². The van der Waals surface area contributed by atoms with Gasteiger partial charge in [-0.05, 0) is 54.4 Å². The zero-order valence-electron chi connectivity index (χ0n) is 13.5. The van der Waals surface area contributed by atoms with Crippen LogP contribution in [0, 0.1) is 11.7 Å². The number of aromatic nitrogens is 2. The van der Waals surface area contributed by atoms with Gasteiger partial charge in [0, 0.05) is 13.1 Å². The van der Waals surface area contributed by atoms with Crippen molar-refractivity contribution >= 4 is 17.4 Å². The van der Waals surface area contributed by atoms with Gasteiger partial charge in [0.25, 0.3) is 5.91 Å². The first kappa shape index (κ1) is 17.0. The number of carbonyl (C=O) groups is 1. The molecule has 5 nitrogen and oxygen atoms in total. The SMILES string of the molecule is CCc1nnsc1C(=O)N1CCC(C(O)c2ccc(F)cc2)CC1. The Morgan fingerprint density at radius 3 is 2.67 bits per heavy atom. The molecule has 0 radical (unpaired) electrons. The molecule has 1 fully saturated rings. The van der Waals surface area contributed by atoms with E-state index in [1.165, 1.54) is 12.1 Å². The van der Waals surface area contributed by atoms with Crippen molar-refractivity contribution in [3.8, 4) is 0 Å². The first-order valence-corrected chi connectivity index (χ1v) is 8.91. The highest BCUT2D eigenvalue weighted by Gasteiger charge is 2.30. The van der Waals surface area contributed by atoms with Crippen LogP contribution < -0.4 is 0 Å². The van der Waals surface area contributed by atoms with Gasteiger partial charge in [0.1, 0.15) is 10.7 Å². The summed E-state index contributed by atoms with van der Waals surface area (Å²) in [5.74, 6) is -0.252. The minimum Gasteiger partial charge on any atom is -0.388 e. The number of likely N-dealkylation sites (tertiary alicyclic amines) is 1. The number of halogens is 1. The number of aryl methyl sites for hydroxylation is 1. The third kappa shape index (κ3) is 3.47. The maximum absolute atomic E-state index is 13.0. The summed E-state index contributed by atoms with van der Waals surface area (Å²) < 4.78 is 16.9. The van der Waals surface area contributed by atoms with Gasteiger partial charge in [0.05, 0.1) is 11.8 Å². The summed E-state index contributed by atoms with van der Waals surface area (Å²) >= 11 is 1.14. The largest absolute Gasteiger partial charge is 0.388 e. The molecule has 0 aliphatic carbocycles. The number of hydrogen-bond acceptors (Lipinski definition) is 5. The van der Waals surface area contributed by atoms with Crippen molar-refractivity contribution in [3.63, 3.8) is 0 Å². The summed E-state index contributed by atoms with van der Waals surface area (Å²) in [5.41, 5.74) is 1.47. The lowest BCUT2D eigenvalue weighted by atomic mass is 9.87. The highest BCUT2D eigenvalue weighted by molar-refractivity contribution is 7.08. The number of hydrogen-bond donors (Lipinski definition) is 1. The van der Waals surface area contributed by atoms with E-state index in [1.807, 2.05) is 11.8 Å². The first-order chi connectivity index (χ1) is 11.6. The molecule has 24 heavy (non-hydrogen) atoms. The van der Waals surface area contributed by atoms with E-state index in [1.54, 1.807) is 12.1 Å². The maximum atomic E-state index is 13.0. The van der Waals surface area contributed by atoms with Gasteiger partial charge < -0.3 is 10.0 Å². The van der Waals surface area contributed by atoms with E-state index < -0.39 is 6.10 Å². The number of rotatable bonds is 4. The van der Waals surface area contributed by atoms with E-state index in [0.29, 0.717) is 24.4 Å². The van der Waals surface area contributed by atoms with Crippen LogP contribution in [0.5, 0.6) is 0 Å². The van der Waals surface area contributed by atoms with Crippen LogP contribution in [0.3, 0.4) is 0 Å². The van der Waals surface area contributed by atoms with Crippen molar-refractivity contribution < 1.29 is 14.3 Å². The van der Waals surface area contributed by atoms with Gasteiger partial charge in [-0.25, -0.2) is 4.39 Å². The van der Waals surface area contributed by atoms with Crippen LogP contribution in [0.1, 0.15) is 46.8 Å². The molecule has 1 saturated heterocycles. The fourth-order valence-electron chi connectivity index (χ4n) is 3.10. The van der Waals surface area contributed by atoms with Crippen LogP contribution in [0.15, 0.2) is 24.3 Å². The number of piperidine rings is 1. The fourth-order valence-corrected chi connectivity index (χ4v) is 3.82. The molecular weight excluding hydrogens is 329 g/mol. The van der Waals surface area contributed by atoms with Crippen molar-refractivity contribution in [2.75, 3.05) is 13.1 Å². The van der Waals surface area contributed by atoms with Gasteiger partial charge >= 0.3 is 0 Å². The second-order valence-corrected chi connectivity index (χ2v) is 6.78. The van der Waals surface area contributed by atoms with Crippen LogP contribution in [0.2, 0.25) is 0 Å². The third-order valence-electron chi connectivity index (χ3n) is 4.57. The Labute approximate surface area is 144 Å². The van der Waals surface area contributed by atoms with Gasteiger partial charge in [-0.2, -0.15) is 0 Å². The molecule has 1 aromatic heterocycles. The predicted molar refractivity (Wildman–Crippen MR) is 89.3 cm³/mol. The summed E-state index contributed by atoms with van der Waals surface area (Å²) in [6.07, 6.45) is 1.51. The average molecular weight is 349 g/mol. The molecule has 2 heterocycles. The number of amides is 1. The lowest BCUT2D eigenvalue weighted by Gasteiger charge is -2.34. The molecule has 0 spiro atoms. The van der Waals surface area contributed by atoms with Crippen LogP contribution in [-0.2, 0) is 6.42 Å². The summed E-state index contributed by atoms with van der Waals surface area (Å²) in [6.45, 7) is 3.16. The molecule has 3 rings (SSSR count). The second kappa shape index (κ2) is 7.36. The van der Waals surface area contributed by atoms with Gasteiger partial charge in [-0.3, -0.25) is 4.79 Å². The Bertz CT molecular complexity index is 696. The van der Waals surface area contributed by atoms with E-state index in [9.17, 15) is 14.3 Å². The molecule has 1 amide bonds. The van der Waals surface area contributed by atoms with Crippen molar-refractivity contribution in [2.24, 2.45) is 5.92 Å². The molecule has 0 saturated carbocycles. The molecule has 1 aliphatic heterocycles. The number of aliphatic hydroxyl groups excluding tert-OH is 1. The van der Waals surface area contributed by atoms with Crippen molar-refractivity contribution in [1.82, 2.24) is 14.5 Å². The maximum Gasteiger partial charge on any atom is 0.267 e. The van der Waals surface area contributed by atoms with Gasteiger partial charge in [-0.1, -0.05) is 23.5 Å². The molecule has 1 aliphatic rings. The molecule has 1 atom stereocenters. The lowest BCUT2D eigenvalue weighted by molar-refractivity contribution is 0.0464. The minimum absolute atomic E-state index is 0.0171. The summed E-state index contributed by atoms with van der Waals surface area (Å²) in [6, 6.07) is 5.96. The third-order valence-corrected chi connectivity index (χ3v) is 5.33. The first-order valence-electron chi connectivity index (χ1n) is 8.14. The molecule has 1 unspecified atom stereocenters. The second-order valence-electron chi connectivity index (χ2n) is 6.03. The van der Waals surface area contributed by atoms with E-state index in [0.717, 1.165) is 35.6 Å². The summed E-state index contributed by atoms with van der Waals surface area (Å²) in [4.78, 5) is 15.0. The van der Waals surface area contributed by atoms with E-state index in [2.05, 4.69) is 9.59 Å². The highest BCUT2D eigenvalue weighted by atomic mass is 32.1. The quantitative estimate of drug-likeness (QED) is 0.922. The Morgan fingerprint density at radius 2 is 2.04 bits per heavy atom. The average Bonchev–Trinajstić information content (AvgIpc) is 3.10. The Balaban J connectivity index is 1.61. The molecule has 2 aromatic rings. The Kier molecular flexibility index (Phi) is 5.20. The number of carbonyl (C=O) groups excluding carboxylic acids is 1. The van der Waals surface area contributed by atoms with Gasteiger partial charge in [0.2, 0.25) is 0 Å². The molecule has 0 bridgehead atoms. The number of nitrogens with zero attached hydrogens (tertiary/aromatic N) is 3. The zero-order chi connectivity index (χ0) is 17.1. The van der Waals surface area contributed by atoms with Gasteiger partial charge in [-0.15, -0.1) is 5.10 Å². The highest BCUT2D eigenvalue weighted by Crippen LogP contribution is 2.31. The van der Waals surface area contributed by atoms with Crippen LogP contribution in [-0.4, -0.2) is 38.6 Å². The van der Waals surface area contributed by atoms with Crippen LogP contribution >= 0.6 is 11.5 Å². The lowest BCUT2D eigenvalue weighted by Crippen LogP contribution is -2.39. The standard InChI is InChI=1S/C17H20FN3O2S/c1-2-14-16(24-20-19-14)17(23)21-9-7-12(8-10-21)15(22)11-3-5-13(18)6-4-11/h3-6,12,15,22H,2,7-10H2,1H3. The summed E-state index contributed by atoms with van der Waals surface area (Å²) in [5, 5.41) is 14.5. The fraction of sp³-hybridized carbons (Fsp3) is 0.471. The predicted octanol–water partition coefficient (Wildman–Crippen LogP) is 2.83. The van der Waals surface area contributed by atoms with Crippen molar-refractivity contribution in [1.29, 1.82) is 0 Å². The molecule has 1 aromatic carbocycles. The monoisotopic (exact) mass is 349 g/mol. The number of aliphatic hydroxyl groups is 1. The molecule has 7 heteroatoms. The van der Waals surface area contributed by atoms with Crippen LogP contribution in [0.25, 0.3) is 0 Å². The molecule has 1 N–H and O–H groups in total.